The molecule has 0 aliphatic carbocycles. The number of hydrogen-bond donors (Lipinski definition) is 1. The van der Waals surface area contributed by atoms with E-state index in [1.807, 2.05) is 60.7 Å². The van der Waals surface area contributed by atoms with Crippen LogP contribution in [0.3, 0.4) is 0 Å². The smallest absolute Gasteiger partial charge is 0.221 e. The van der Waals surface area contributed by atoms with Crippen LogP contribution in [-0.2, 0) is 27.5 Å². The van der Waals surface area contributed by atoms with E-state index < -0.39 is 6.23 Å². The van der Waals surface area contributed by atoms with E-state index in [1.54, 1.807) is 0 Å². The lowest BCUT2D eigenvalue weighted by Gasteiger charge is -2.28. The summed E-state index contributed by atoms with van der Waals surface area (Å²) in [5.41, 5.74) is 2.13. The summed E-state index contributed by atoms with van der Waals surface area (Å²) in [4.78, 5) is 13.4. The number of aliphatic hydroxyl groups excluding tert-OH is 1. The third-order valence-electron chi connectivity index (χ3n) is 4.62. The molecule has 0 bridgehead atoms. The number of ether oxygens (including phenoxy) is 2. The number of hydrogen-bond acceptors (Lipinski definition) is 4. The molecule has 0 aromatic heterocycles. The number of aliphatic hydroxyl groups is 1. The number of amides is 1. The van der Waals surface area contributed by atoms with Gasteiger partial charge in [0.15, 0.2) is 0 Å². The first-order valence-electron chi connectivity index (χ1n) is 8.89. The van der Waals surface area contributed by atoms with Crippen LogP contribution in [-0.4, -0.2) is 40.9 Å². The number of benzene rings is 2. The summed E-state index contributed by atoms with van der Waals surface area (Å²) < 4.78 is 11.9. The molecule has 1 aliphatic rings. The van der Waals surface area contributed by atoms with Crippen LogP contribution >= 0.6 is 0 Å². The van der Waals surface area contributed by atoms with Gasteiger partial charge in [0.25, 0.3) is 0 Å². The Labute approximate surface area is 154 Å². The highest BCUT2D eigenvalue weighted by Gasteiger charge is 2.42. The van der Waals surface area contributed by atoms with Crippen molar-refractivity contribution in [2.24, 2.45) is 0 Å². The Morgan fingerprint density at radius 3 is 2.19 bits per heavy atom. The zero-order valence-corrected chi connectivity index (χ0v) is 15.0. The Bertz CT molecular complexity index is 692. The third kappa shape index (κ3) is 4.69. The molecular weight excluding hydrogens is 330 g/mol. The maximum atomic E-state index is 12.0. The van der Waals surface area contributed by atoms with Gasteiger partial charge in [-0.15, -0.1) is 0 Å². The molecular formula is C21H25NO4. The van der Waals surface area contributed by atoms with E-state index >= 15 is 0 Å². The quantitative estimate of drug-likeness (QED) is 0.830. The molecule has 1 heterocycles. The standard InChI is InChI=1S/C21H25NO4/c1-16(23)22-19(15-25-13-17-8-4-2-5-9-17)20(12-21(22)24)26-14-18-10-6-3-7-11-18/h2-11,19-21,24H,12-15H2,1H3/t19-,20+,21?/m1/s1. The fourth-order valence-corrected chi connectivity index (χ4v) is 3.34. The van der Waals surface area contributed by atoms with Crippen LogP contribution in [0.15, 0.2) is 60.7 Å². The van der Waals surface area contributed by atoms with Crippen molar-refractivity contribution in [3.05, 3.63) is 71.8 Å². The minimum Gasteiger partial charge on any atom is -0.375 e. The average Bonchev–Trinajstić information content (AvgIpc) is 2.97. The van der Waals surface area contributed by atoms with Gasteiger partial charge in [0.05, 0.1) is 32.0 Å². The number of carbonyl (C=O) groups excluding carboxylic acids is 1. The molecule has 1 N–H and O–H groups in total. The minimum atomic E-state index is -0.835. The topological polar surface area (TPSA) is 59.0 Å². The van der Waals surface area contributed by atoms with Gasteiger partial charge in [0.2, 0.25) is 5.91 Å². The van der Waals surface area contributed by atoms with E-state index in [9.17, 15) is 9.90 Å². The van der Waals surface area contributed by atoms with E-state index in [0.29, 0.717) is 26.2 Å². The summed E-state index contributed by atoms with van der Waals surface area (Å²) in [6.07, 6.45) is -0.699. The largest absolute Gasteiger partial charge is 0.375 e. The molecule has 3 atom stereocenters. The highest BCUT2D eigenvalue weighted by Crippen LogP contribution is 2.27. The number of carbonyl (C=O) groups is 1. The molecule has 138 valence electrons. The predicted octanol–water partition coefficient (Wildman–Crippen LogP) is 2.73. The summed E-state index contributed by atoms with van der Waals surface area (Å²) in [6, 6.07) is 19.5. The molecule has 5 heteroatoms. The first kappa shape index (κ1) is 18.6. The molecule has 1 unspecified atom stereocenters. The van der Waals surface area contributed by atoms with Gasteiger partial charge < -0.3 is 19.5 Å². The third-order valence-corrected chi connectivity index (χ3v) is 4.62. The first-order chi connectivity index (χ1) is 12.6. The van der Waals surface area contributed by atoms with Crippen molar-refractivity contribution in [2.45, 2.75) is 44.9 Å². The molecule has 1 saturated heterocycles. The predicted molar refractivity (Wildman–Crippen MR) is 98.0 cm³/mol. The summed E-state index contributed by atoms with van der Waals surface area (Å²) in [5, 5.41) is 10.3. The molecule has 5 nitrogen and oxygen atoms in total. The van der Waals surface area contributed by atoms with E-state index in [4.69, 9.17) is 9.47 Å². The number of nitrogens with zero attached hydrogens (tertiary/aromatic N) is 1. The van der Waals surface area contributed by atoms with Crippen molar-refractivity contribution in [1.82, 2.24) is 4.90 Å². The van der Waals surface area contributed by atoms with Crippen molar-refractivity contribution in [3.63, 3.8) is 0 Å². The van der Waals surface area contributed by atoms with E-state index in [2.05, 4.69) is 0 Å². The van der Waals surface area contributed by atoms with Crippen LogP contribution < -0.4 is 0 Å². The van der Waals surface area contributed by atoms with Crippen molar-refractivity contribution in [2.75, 3.05) is 6.61 Å². The van der Waals surface area contributed by atoms with E-state index in [-0.39, 0.29) is 18.1 Å². The zero-order chi connectivity index (χ0) is 18.4. The summed E-state index contributed by atoms with van der Waals surface area (Å²) in [7, 11) is 0. The molecule has 0 spiro atoms. The van der Waals surface area contributed by atoms with Gasteiger partial charge in [-0.25, -0.2) is 0 Å². The second-order valence-corrected chi connectivity index (χ2v) is 6.55. The van der Waals surface area contributed by atoms with Crippen molar-refractivity contribution in [1.29, 1.82) is 0 Å². The number of likely N-dealkylation sites (tertiary alicyclic amines) is 1. The van der Waals surface area contributed by atoms with Crippen LogP contribution in [0, 0.1) is 0 Å². The van der Waals surface area contributed by atoms with Crippen molar-refractivity contribution < 1.29 is 19.4 Å². The van der Waals surface area contributed by atoms with Crippen molar-refractivity contribution in [3.8, 4) is 0 Å². The summed E-state index contributed by atoms with van der Waals surface area (Å²) in [5.74, 6) is -0.170. The van der Waals surface area contributed by atoms with Gasteiger partial charge in [-0.3, -0.25) is 4.79 Å². The molecule has 1 fully saturated rings. The lowest BCUT2D eigenvalue weighted by molar-refractivity contribution is -0.141. The average molecular weight is 355 g/mol. The molecule has 3 rings (SSSR count). The van der Waals surface area contributed by atoms with Gasteiger partial charge in [-0.2, -0.15) is 0 Å². The summed E-state index contributed by atoms with van der Waals surface area (Å²) >= 11 is 0. The summed E-state index contributed by atoms with van der Waals surface area (Å²) in [6.45, 7) is 2.70. The number of rotatable bonds is 7. The lowest BCUT2D eigenvalue weighted by Crippen LogP contribution is -2.45. The van der Waals surface area contributed by atoms with Crippen LogP contribution in [0.2, 0.25) is 0 Å². The molecule has 2 aromatic carbocycles. The SMILES string of the molecule is CC(=O)N1C(O)C[C@H](OCc2ccccc2)[C@H]1COCc1ccccc1. The minimum absolute atomic E-state index is 0.170. The maximum Gasteiger partial charge on any atom is 0.221 e. The molecule has 1 amide bonds. The van der Waals surface area contributed by atoms with Crippen molar-refractivity contribution >= 4 is 5.91 Å². The van der Waals surface area contributed by atoms with Gasteiger partial charge in [-0.1, -0.05) is 60.7 Å². The normalized spacial score (nSPS) is 22.5. The van der Waals surface area contributed by atoms with Crippen LogP contribution in [0.5, 0.6) is 0 Å². The Hall–Kier alpha value is -2.21. The Morgan fingerprint density at radius 1 is 1.04 bits per heavy atom. The second-order valence-electron chi connectivity index (χ2n) is 6.55. The van der Waals surface area contributed by atoms with E-state index in [1.165, 1.54) is 11.8 Å². The highest BCUT2D eigenvalue weighted by molar-refractivity contribution is 5.74. The highest BCUT2D eigenvalue weighted by atomic mass is 16.5. The fraction of sp³-hybridized carbons (Fsp3) is 0.381. The van der Waals surface area contributed by atoms with Gasteiger partial charge in [0, 0.05) is 13.3 Å². The lowest BCUT2D eigenvalue weighted by atomic mass is 10.1. The van der Waals surface area contributed by atoms with Crippen LogP contribution in [0.1, 0.15) is 24.5 Å². The molecule has 26 heavy (non-hydrogen) atoms. The second kappa shape index (κ2) is 8.94. The Balaban J connectivity index is 1.61. The maximum absolute atomic E-state index is 12.0. The van der Waals surface area contributed by atoms with Crippen LogP contribution in [0.4, 0.5) is 0 Å². The van der Waals surface area contributed by atoms with Crippen LogP contribution in [0.25, 0.3) is 0 Å². The van der Waals surface area contributed by atoms with Gasteiger partial charge in [-0.05, 0) is 11.1 Å². The van der Waals surface area contributed by atoms with Gasteiger partial charge >= 0.3 is 0 Å². The molecule has 0 radical (unpaired) electrons. The molecule has 2 aromatic rings. The first-order valence-corrected chi connectivity index (χ1v) is 8.89. The fourth-order valence-electron chi connectivity index (χ4n) is 3.34. The molecule has 0 saturated carbocycles. The zero-order valence-electron chi connectivity index (χ0n) is 15.0. The Morgan fingerprint density at radius 2 is 1.62 bits per heavy atom. The van der Waals surface area contributed by atoms with E-state index in [0.717, 1.165) is 11.1 Å². The molecule has 1 aliphatic heterocycles. The van der Waals surface area contributed by atoms with Gasteiger partial charge in [0.1, 0.15) is 6.23 Å². The monoisotopic (exact) mass is 355 g/mol. The Kier molecular flexibility index (Phi) is 6.39.